The van der Waals surface area contributed by atoms with E-state index in [1.54, 1.807) is 0 Å². The minimum absolute atomic E-state index is 0.908. The van der Waals surface area contributed by atoms with Gasteiger partial charge < -0.3 is 5.73 Å². The maximum absolute atomic E-state index is 5.93. The van der Waals surface area contributed by atoms with Gasteiger partial charge in [-0.05, 0) is 31.0 Å². The average Bonchev–Trinajstić information content (AvgIpc) is 2.44. The van der Waals surface area contributed by atoms with E-state index in [9.17, 15) is 0 Å². The number of thiophene rings is 1. The minimum Gasteiger partial charge on any atom is -0.398 e. The number of rotatable bonds is 1. The molecule has 1 aromatic heterocycles. The molecule has 2 rings (SSSR count). The third-order valence-electron chi connectivity index (χ3n) is 2.41. The predicted molar refractivity (Wildman–Crippen MR) is 60.4 cm³/mol. The van der Waals surface area contributed by atoms with Crippen molar-refractivity contribution in [1.82, 2.24) is 0 Å². The molecular weight excluding hydrogens is 178 g/mol. The van der Waals surface area contributed by atoms with Gasteiger partial charge in [0.15, 0.2) is 0 Å². The summed E-state index contributed by atoms with van der Waals surface area (Å²) < 4.78 is 1.31. The molecule has 0 bridgehead atoms. The molecule has 1 aromatic carbocycles. The van der Waals surface area contributed by atoms with Crippen molar-refractivity contribution in [2.45, 2.75) is 20.3 Å². The summed E-state index contributed by atoms with van der Waals surface area (Å²) in [4.78, 5) is 1.45. The molecule has 1 nitrogen and oxygen atoms in total. The summed E-state index contributed by atoms with van der Waals surface area (Å²) in [5.74, 6) is 0. The molecule has 1 heterocycles. The van der Waals surface area contributed by atoms with Crippen LogP contribution in [-0.2, 0) is 6.42 Å². The van der Waals surface area contributed by atoms with Crippen molar-refractivity contribution in [2.24, 2.45) is 0 Å². The van der Waals surface area contributed by atoms with Gasteiger partial charge in [0.1, 0.15) is 0 Å². The maximum atomic E-state index is 5.93. The highest BCUT2D eigenvalue weighted by Crippen LogP contribution is 2.34. The van der Waals surface area contributed by atoms with Gasteiger partial charge in [0.25, 0.3) is 0 Å². The first-order valence-corrected chi connectivity index (χ1v) is 5.32. The molecule has 0 aliphatic heterocycles. The summed E-state index contributed by atoms with van der Waals surface area (Å²) in [7, 11) is 0. The van der Waals surface area contributed by atoms with Gasteiger partial charge in [0.05, 0.1) is 0 Å². The molecule has 0 atom stereocenters. The molecule has 0 amide bonds. The molecule has 0 fully saturated rings. The van der Waals surface area contributed by atoms with Crippen molar-refractivity contribution >= 4 is 27.1 Å². The summed E-state index contributed by atoms with van der Waals surface area (Å²) in [6.07, 6.45) is 1.10. The molecule has 68 valence electrons. The zero-order valence-corrected chi connectivity index (χ0v) is 8.74. The highest BCUT2D eigenvalue weighted by Gasteiger charge is 2.08. The SMILES string of the molecule is CCc1sc2cccc(N)c2c1C. The average molecular weight is 191 g/mol. The molecule has 0 unspecified atom stereocenters. The van der Waals surface area contributed by atoms with E-state index in [1.165, 1.54) is 20.5 Å². The van der Waals surface area contributed by atoms with Gasteiger partial charge in [0, 0.05) is 20.7 Å². The maximum Gasteiger partial charge on any atom is 0.0405 e. The Kier molecular flexibility index (Phi) is 2.00. The van der Waals surface area contributed by atoms with E-state index >= 15 is 0 Å². The first-order valence-electron chi connectivity index (χ1n) is 4.50. The lowest BCUT2D eigenvalue weighted by Gasteiger charge is -1.97. The summed E-state index contributed by atoms with van der Waals surface area (Å²) in [5, 5.41) is 1.25. The first kappa shape index (κ1) is 8.57. The molecule has 0 radical (unpaired) electrons. The Hall–Kier alpha value is -1.02. The zero-order chi connectivity index (χ0) is 9.42. The standard InChI is InChI=1S/C11H13NS/c1-3-9-7(2)11-8(12)5-4-6-10(11)13-9/h4-6H,3,12H2,1-2H3. The second-order valence-electron chi connectivity index (χ2n) is 3.22. The Morgan fingerprint density at radius 2 is 2.15 bits per heavy atom. The lowest BCUT2D eigenvalue weighted by molar-refractivity contribution is 1.16. The second kappa shape index (κ2) is 3.04. The fraction of sp³-hybridized carbons (Fsp3) is 0.273. The molecule has 0 saturated heterocycles. The van der Waals surface area contributed by atoms with Crippen LogP contribution in [0.15, 0.2) is 18.2 Å². The Balaban J connectivity index is 2.85. The Morgan fingerprint density at radius 3 is 2.77 bits per heavy atom. The first-order chi connectivity index (χ1) is 6.24. The zero-order valence-electron chi connectivity index (χ0n) is 7.92. The molecule has 0 spiro atoms. The van der Waals surface area contributed by atoms with Gasteiger partial charge in [-0.3, -0.25) is 0 Å². The number of benzene rings is 1. The molecule has 2 N–H and O–H groups in total. The van der Waals surface area contributed by atoms with E-state index in [1.807, 2.05) is 23.5 Å². The van der Waals surface area contributed by atoms with E-state index in [4.69, 9.17) is 5.73 Å². The Morgan fingerprint density at radius 1 is 1.38 bits per heavy atom. The number of hydrogen-bond acceptors (Lipinski definition) is 2. The van der Waals surface area contributed by atoms with Crippen LogP contribution in [0.1, 0.15) is 17.4 Å². The van der Waals surface area contributed by atoms with Gasteiger partial charge in [-0.25, -0.2) is 0 Å². The molecular formula is C11H13NS. The normalized spacial score (nSPS) is 10.9. The van der Waals surface area contributed by atoms with Gasteiger partial charge in [-0.2, -0.15) is 0 Å². The number of anilines is 1. The quantitative estimate of drug-likeness (QED) is 0.687. The molecule has 0 saturated carbocycles. The van der Waals surface area contributed by atoms with E-state index in [-0.39, 0.29) is 0 Å². The van der Waals surface area contributed by atoms with Gasteiger partial charge in [0.2, 0.25) is 0 Å². The minimum atomic E-state index is 0.908. The molecule has 13 heavy (non-hydrogen) atoms. The topological polar surface area (TPSA) is 26.0 Å². The Labute approximate surface area is 82.2 Å². The van der Waals surface area contributed by atoms with Crippen LogP contribution >= 0.6 is 11.3 Å². The number of hydrogen-bond donors (Lipinski definition) is 1. The predicted octanol–water partition coefficient (Wildman–Crippen LogP) is 3.35. The van der Waals surface area contributed by atoms with Crippen LogP contribution in [0.25, 0.3) is 10.1 Å². The van der Waals surface area contributed by atoms with Crippen molar-refractivity contribution in [3.63, 3.8) is 0 Å². The van der Waals surface area contributed by atoms with Gasteiger partial charge >= 0.3 is 0 Å². The highest BCUT2D eigenvalue weighted by molar-refractivity contribution is 7.19. The highest BCUT2D eigenvalue weighted by atomic mass is 32.1. The van der Waals surface area contributed by atoms with Crippen LogP contribution < -0.4 is 5.73 Å². The lowest BCUT2D eigenvalue weighted by atomic mass is 10.1. The van der Waals surface area contributed by atoms with Crippen molar-refractivity contribution < 1.29 is 0 Å². The summed E-state index contributed by atoms with van der Waals surface area (Å²) >= 11 is 1.86. The summed E-state index contributed by atoms with van der Waals surface area (Å²) in [6.45, 7) is 4.35. The number of nitrogen functional groups attached to an aromatic ring is 1. The lowest BCUT2D eigenvalue weighted by Crippen LogP contribution is -1.85. The number of aryl methyl sites for hydroxylation is 2. The molecule has 2 heteroatoms. The van der Waals surface area contributed by atoms with E-state index in [0.717, 1.165) is 12.1 Å². The van der Waals surface area contributed by atoms with Crippen LogP contribution in [0.3, 0.4) is 0 Å². The van der Waals surface area contributed by atoms with E-state index in [2.05, 4.69) is 19.9 Å². The smallest absolute Gasteiger partial charge is 0.0405 e. The number of fused-ring (bicyclic) bond motifs is 1. The third-order valence-corrected chi connectivity index (χ3v) is 3.81. The van der Waals surface area contributed by atoms with Crippen LogP contribution in [0, 0.1) is 6.92 Å². The van der Waals surface area contributed by atoms with Crippen LogP contribution in [0.2, 0.25) is 0 Å². The van der Waals surface area contributed by atoms with Gasteiger partial charge in [-0.1, -0.05) is 13.0 Å². The van der Waals surface area contributed by atoms with Crippen LogP contribution in [-0.4, -0.2) is 0 Å². The van der Waals surface area contributed by atoms with E-state index < -0.39 is 0 Å². The largest absolute Gasteiger partial charge is 0.398 e. The van der Waals surface area contributed by atoms with Gasteiger partial charge in [-0.15, -0.1) is 11.3 Å². The third kappa shape index (κ3) is 1.22. The fourth-order valence-corrected chi connectivity index (χ4v) is 2.91. The Bertz CT molecular complexity index is 443. The monoisotopic (exact) mass is 191 g/mol. The fourth-order valence-electron chi connectivity index (χ4n) is 1.72. The van der Waals surface area contributed by atoms with Crippen molar-refractivity contribution in [3.8, 4) is 0 Å². The molecule has 2 aromatic rings. The van der Waals surface area contributed by atoms with Crippen LogP contribution in [0.5, 0.6) is 0 Å². The number of nitrogens with two attached hydrogens (primary N) is 1. The van der Waals surface area contributed by atoms with Crippen LogP contribution in [0.4, 0.5) is 5.69 Å². The molecule has 0 aliphatic rings. The summed E-state index contributed by atoms with van der Waals surface area (Å²) in [6, 6.07) is 6.14. The van der Waals surface area contributed by atoms with Crippen molar-refractivity contribution in [3.05, 3.63) is 28.6 Å². The van der Waals surface area contributed by atoms with Crippen molar-refractivity contribution in [1.29, 1.82) is 0 Å². The molecule has 0 aliphatic carbocycles. The second-order valence-corrected chi connectivity index (χ2v) is 4.36. The van der Waals surface area contributed by atoms with E-state index in [0.29, 0.717) is 0 Å². The van der Waals surface area contributed by atoms with Crippen molar-refractivity contribution in [2.75, 3.05) is 5.73 Å². The summed E-state index contributed by atoms with van der Waals surface area (Å²) in [5.41, 5.74) is 8.20.